The zero-order chi connectivity index (χ0) is 16.1. The molecule has 1 unspecified atom stereocenters. The van der Waals surface area contributed by atoms with Crippen LogP contribution in [-0.2, 0) is 11.3 Å². The van der Waals surface area contributed by atoms with Gasteiger partial charge in [-0.3, -0.25) is 4.79 Å². The van der Waals surface area contributed by atoms with E-state index in [-0.39, 0.29) is 24.3 Å². The third-order valence-electron chi connectivity index (χ3n) is 3.39. The van der Waals surface area contributed by atoms with Crippen LogP contribution in [0.2, 0.25) is 0 Å². The van der Waals surface area contributed by atoms with Crippen molar-refractivity contribution in [1.29, 1.82) is 0 Å². The molecule has 1 atom stereocenters. The molecule has 2 aromatic rings. The van der Waals surface area contributed by atoms with Crippen LogP contribution in [0.1, 0.15) is 30.6 Å². The fourth-order valence-electron chi connectivity index (χ4n) is 2.22. The largest absolute Gasteiger partial charge is 0.390 e. The quantitative estimate of drug-likeness (QED) is 0.655. The van der Waals surface area contributed by atoms with Crippen LogP contribution in [0.5, 0.6) is 0 Å². The predicted octanol–water partition coefficient (Wildman–Crippen LogP) is 2.37. The summed E-state index contributed by atoms with van der Waals surface area (Å²) in [5.41, 5.74) is 1.61. The SMILES string of the molecule is CCC(NC(=O)Cn1nc([N+](=O)[O-])cc1C)c1ccccc1. The van der Waals surface area contributed by atoms with E-state index in [1.807, 2.05) is 37.3 Å². The van der Waals surface area contributed by atoms with E-state index in [0.29, 0.717) is 5.69 Å². The number of amides is 1. The van der Waals surface area contributed by atoms with Crippen molar-refractivity contribution in [1.82, 2.24) is 15.1 Å². The summed E-state index contributed by atoms with van der Waals surface area (Å²) in [6, 6.07) is 10.9. The van der Waals surface area contributed by atoms with Gasteiger partial charge in [0.2, 0.25) is 5.91 Å². The number of rotatable bonds is 6. The van der Waals surface area contributed by atoms with E-state index in [1.54, 1.807) is 6.92 Å². The highest BCUT2D eigenvalue weighted by Gasteiger charge is 2.19. The van der Waals surface area contributed by atoms with Gasteiger partial charge in [-0.2, -0.15) is 4.68 Å². The van der Waals surface area contributed by atoms with E-state index in [1.165, 1.54) is 10.7 Å². The van der Waals surface area contributed by atoms with Crippen molar-refractivity contribution >= 4 is 11.7 Å². The van der Waals surface area contributed by atoms with Gasteiger partial charge >= 0.3 is 5.82 Å². The third kappa shape index (κ3) is 3.69. The first-order valence-corrected chi connectivity index (χ1v) is 7.04. The predicted molar refractivity (Wildman–Crippen MR) is 81.2 cm³/mol. The molecule has 1 aromatic carbocycles. The van der Waals surface area contributed by atoms with Crippen LogP contribution in [-0.4, -0.2) is 20.6 Å². The van der Waals surface area contributed by atoms with Crippen LogP contribution in [0.25, 0.3) is 0 Å². The maximum absolute atomic E-state index is 12.1. The van der Waals surface area contributed by atoms with Gasteiger partial charge in [0, 0.05) is 0 Å². The number of nitrogens with zero attached hydrogens (tertiary/aromatic N) is 3. The number of nitro groups is 1. The van der Waals surface area contributed by atoms with Gasteiger partial charge in [-0.1, -0.05) is 37.3 Å². The normalized spacial score (nSPS) is 11.9. The van der Waals surface area contributed by atoms with Crippen LogP contribution in [0.3, 0.4) is 0 Å². The Kier molecular flexibility index (Phi) is 4.88. The Hall–Kier alpha value is -2.70. The number of hydrogen-bond acceptors (Lipinski definition) is 4. The smallest absolute Gasteiger partial charge is 0.358 e. The van der Waals surface area contributed by atoms with E-state index in [9.17, 15) is 14.9 Å². The van der Waals surface area contributed by atoms with E-state index in [0.717, 1.165) is 12.0 Å². The first-order chi connectivity index (χ1) is 10.5. The summed E-state index contributed by atoms with van der Waals surface area (Å²) in [4.78, 5) is 22.3. The Labute approximate surface area is 128 Å². The molecule has 2 rings (SSSR count). The lowest BCUT2D eigenvalue weighted by Crippen LogP contribution is -2.31. The first kappa shape index (κ1) is 15.7. The Morgan fingerprint density at radius 1 is 1.41 bits per heavy atom. The Bertz CT molecular complexity index is 667. The van der Waals surface area contributed by atoms with Gasteiger partial charge in [-0.15, -0.1) is 0 Å². The lowest BCUT2D eigenvalue weighted by atomic mass is 10.0. The molecule has 0 spiro atoms. The number of aromatic nitrogens is 2. The molecular weight excluding hydrogens is 284 g/mol. The maximum Gasteiger partial charge on any atom is 0.390 e. The third-order valence-corrected chi connectivity index (χ3v) is 3.39. The topological polar surface area (TPSA) is 90.1 Å². The van der Waals surface area contributed by atoms with Crippen LogP contribution >= 0.6 is 0 Å². The van der Waals surface area contributed by atoms with E-state index in [2.05, 4.69) is 10.4 Å². The second-order valence-electron chi connectivity index (χ2n) is 5.00. The van der Waals surface area contributed by atoms with Crippen molar-refractivity contribution in [2.75, 3.05) is 0 Å². The minimum Gasteiger partial charge on any atom is -0.358 e. The fourth-order valence-corrected chi connectivity index (χ4v) is 2.22. The summed E-state index contributed by atoms with van der Waals surface area (Å²) >= 11 is 0. The van der Waals surface area contributed by atoms with Gasteiger partial charge in [0.1, 0.15) is 6.54 Å². The number of nitrogens with one attached hydrogen (secondary N) is 1. The molecule has 1 heterocycles. The van der Waals surface area contributed by atoms with E-state index >= 15 is 0 Å². The van der Waals surface area contributed by atoms with Crippen LogP contribution in [0, 0.1) is 17.0 Å². The van der Waals surface area contributed by atoms with Gasteiger partial charge < -0.3 is 15.4 Å². The van der Waals surface area contributed by atoms with Crippen LogP contribution < -0.4 is 5.32 Å². The summed E-state index contributed by atoms with van der Waals surface area (Å²) < 4.78 is 1.34. The summed E-state index contributed by atoms with van der Waals surface area (Å²) in [5, 5.41) is 17.4. The highest BCUT2D eigenvalue weighted by Crippen LogP contribution is 2.16. The van der Waals surface area contributed by atoms with E-state index in [4.69, 9.17) is 0 Å². The van der Waals surface area contributed by atoms with Crippen molar-refractivity contribution in [3.05, 3.63) is 57.8 Å². The Balaban J connectivity index is 2.04. The molecule has 7 heteroatoms. The lowest BCUT2D eigenvalue weighted by Gasteiger charge is -2.17. The van der Waals surface area contributed by atoms with Gasteiger partial charge in [0.05, 0.1) is 22.9 Å². The molecule has 1 N–H and O–H groups in total. The first-order valence-electron chi connectivity index (χ1n) is 7.04. The van der Waals surface area contributed by atoms with Gasteiger partial charge in [-0.25, -0.2) is 0 Å². The highest BCUT2D eigenvalue weighted by atomic mass is 16.6. The summed E-state index contributed by atoms with van der Waals surface area (Å²) in [7, 11) is 0. The molecule has 116 valence electrons. The lowest BCUT2D eigenvalue weighted by molar-refractivity contribution is -0.389. The number of hydrogen-bond donors (Lipinski definition) is 1. The average Bonchev–Trinajstić information content (AvgIpc) is 2.87. The fraction of sp³-hybridized carbons (Fsp3) is 0.333. The number of carbonyl (C=O) groups is 1. The molecule has 0 saturated heterocycles. The van der Waals surface area contributed by atoms with Crippen molar-refractivity contribution in [3.63, 3.8) is 0 Å². The van der Waals surface area contributed by atoms with Crippen molar-refractivity contribution in [2.24, 2.45) is 0 Å². The number of benzene rings is 1. The monoisotopic (exact) mass is 302 g/mol. The molecule has 0 aliphatic rings. The maximum atomic E-state index is 12.1. The molecule has 0 saturated carbocycles. The molecule has 1 amide bonds. The molecular formula is C15H18N4O3. The Morgan fingerprint density at radius 2 is 2.09 bits per heavy atom. The second kappa shape index (κ2) is 6.84. The average molecular weight is 302 g/mol. The molecule has 0 fully saturated rings. The Morgan fingerprint density at radius 3 is 2.64 bits per heavy atom. The molecule has 0 aliphatic carbocycles. The summed E-state index contributed by atoms with van der Waals surface area (Å²) in [6.45, 7) is 3.63. The second-order valence-corrected chi connectivity index (χ2v) is 5.00. The van der Waals surface area contributed by atoms with Crippen molar-refractivity contribution in [3.8, 4) is 0 Å². The van der Waals surface area contributed by atoms with Gasteiger partial charge in [0.15, 0.2) is 0 Å². The molecule has 22 heavy (non-hydrogen) atoms. The number of aryl methyl sites for hydroxylation is 1. The molecule has 0 bridgehead atoms. The van der Waals surface area contributed by atoms with Crippen molar-refractivity contribution < 1.29 is 9.72 Å². The van der Waals surface area contributed by atoms with Gasteiger partial charge in [-0.05, 0) is 23.8 Å². The minimum atomic E-state index is -0.569. The zero-order valence-electron chi connectivity index (χ0n) is 12.5. The zero-order valence-corrected chi connectivity index (χ0v) is 12.5. The molecule has 0 radical (unpaired) electrons. The van der Waals surface area contributed by atoms with Crippen LogP contribution in [0.15, 0.2) is 36.4 Å². The summed E-state index contributed by atoms with van der Waals surface area (Å²) in [5.74, 6) is -0.475. The molecule has 7 nitrogen and oxygen atoms in total. The highest BCUT2D eigenvalue weighted by molar-refractivity contribution is 5.76. The van der Waals surface area contributed by atoms with Gasteiger partial charge in [0.25, 0.3) is 0 Å². The molecule has 1 aromatic heterocycles. The minimum absolute atomic E-state index is 0.0387. The summed E-state index contributed by atoms with van der Waals surface area (Å²) in [6.07, 6.45) is 0.758. The van der Waals surface area contributed by atoms with Crippen molar-refractivity contribution in [2.45, 2.75) is 32.9 Å². The van der Waals surface area contributed by atoms with E-state index < -0.39 is 4.92 Å². The standard InChI is InChI=1S/C15H18N4O3/c1-3-13(12-7-5-4-6-8-12)16-15(20)10-18-11(2)9-14(17-18)19(21)22/h4-9,13H,3,10H2,1-2H3,(H,16,20). The molecule has 0 aliphatic heterocycles. The number of carbonyl (C=O) groups excluding carboxylic acids is 1. The van der Waals surface area contributed by atoms with Crippen LogP contribution in [0.4, 0.5) is 5.82 Å².